The van der Waals surface area contributed by atoms with Crippen molar-refractivity contribution in [3.05, 3.63) is 102 Å². The molecule has 0 fully saturated rings. The van der Waals surface area contributed by atoms with Crippen LogP contribution in [0, 0.1) is 5.41 Å². The van der Waals surface area contributed by atoms with Gasteiger partial charge in [0.05, 0.1) is 16.9 Å². The first-order valence-electron chi connectivity index (χ1n) is 9.44. The average Bonchev–Trinajstić information content (AvgIpc) is 2.79. The van der Waals surface area contributed by atoms with Crippen molar-refractivity contribution in [1.29, 1.82) is 5.41 Å². The number of hydrogen-bond donors (Lipinski definition) is 3. The van der Waals surface area contributed by atoms with E-state index in [1.54, 1.807) is 12.4 Å². The van der Waals surface area contributed by atoms with Crippen LogP contribution in [-0.2, 0) is 6.61 Å². The van der Waals surface area contributed by atoms with E-state index in [-0.39, 0.29) is 0 Å². The molecule has 2 heterocycles. The Morgan fingerprint density at radius 1 is 0.967 bits per heavy atom. The van der Waals surface area contributed by atoms with Crippen molar-refractivity contribution >= 4 is 27.9 Å². The van der Waals surface area contributed by atoms with Gasteiger partial charge in [0.15, 0.2) is 0 Å². The van der Waals surface area contributed by atoms with E-state index in [1.165, 1.54) is 6.20 Å². The number of ether oxygens (including phenoxy) is 1. The molecule has 0 bridgehead atoms. The van der Waals surface area contributed by atoms with Crippen molar-refractivity contribution in [3.8, 4) is 5.75 Å². The molecule has 2 aromatic carbocycles. The van der Waals surface area contributed by atoms with E-state index < -0.39 is 0 Å². The van der Waals surface area contributed by atoms with Crippen LogP contribution < -0.4 is 16.2 Å². The number of rotatable bonds is 6. The maximum atomic E-state index is 8.50. The third kappa shape index (κ3) is 3.98. The minimum Gasteiger partial charge on any atom is -0.487 e. The van der Waals surface area contributed by atoms with Crippen molar-refractivity contribution < 1.29 is 4.74 Å². The van der Waals surface area contributed by atoms with Gasteiger partial charge < -0.3 is 16.2 Å². The zero-order chi connectivity index (χ0) is 20.9. The number of nitrogens with two attached hydrogens (primary N) is 2. The molecule has 148 valence electrons. The molecule has 6 nitrogen and oxygen atoms in total. The molecule has 30 heavy (non-hydrogen) atoms. The number of anilines is 1. The smallest absolute Gasteiger partial charge is 0.130 e. The van der Waals surface area contributed by atoms with Gasteiger partial charge in [0, 0.05) is 40.8 Å². The lowest BCUT2D eigenvalue weighted by molar-refractivity contribution is 0.302. The first-order valence-corrected chi connectivity index (χ1v) is 9.44. The van der Waals surface area contributed by atoms with Gasteiger partial charge in [-0.15, -0.1) is 0 Å². The third-order valence-electron chi connectivity index (χ3n) is 4.76. The Bertz CT molecular complexity index is 1220. The number of hydrogen-bond acceptors (Lipinski definition) is 6. The number of pyridine rings is 2. The fourth-order valence-corrected chi connectivity index (χ4v) is 3.22. The summed E-state index contributed by atoms with van der Waals surface area (Å²) >= 11 is 0. The number of allylic oxidation sites excluding steroid dienone is 1. The Hall–Kier alpha value is -4.19. The number of para-hydroxylation sites is 1. The number of aromatic nitrogens is 2. The standard InChI is InChI=1S/C24H21N5O/c25-14-21(16-9-11-28-12-10-16)24(27)17-5-7-19(8-6-17)30-15-18-13-22(26)20-3-1-2-4-23(20)29-18/h1-14,27H,15,25H2,(H2,26,29)/b21-14-,27-24?. The highest BCUT2D eigenvalue weighted by Crippen LogP contribution is 2.23. The molecule has 0 saturated heterocycles. The van der Waals surface area contributed by atoms with Crippen LogP contribution in [0.15, 0.2) is 85.3 Å². The van der Waals surface area contributed by atoms with Gasteiger partial charge in [0.25, 0.3) is 0 Å². The zero-order valence-corrected chi connectivity index (χ0v) is 16.2. The van der Waals surface area contributed by atoms with Crippen LogP contribution in [0.4, 0.5) is 5.69 Å². The molecular formula is C24H21N5O. The fraction of sp³-hybridized carbons (Fsp3) is 0.0417. The second-order valence-corrected chi connectivity index (χ2v) is 6.72. The van der Waals surface area contributed by atoms with Crippen LogP contribution in [0.5, 0.6) is 5.75 Å². The Morgan fingerprint density at radius 2 is 1.70 bits per heavy atom. The number of benzene rings is 2. The van der Waals surface area contributed by atoms with Crippen molar-refractivity contribution in [2.75, 3.05) is 5.73 Å². The van der Waals surface area contributed by atoms with Gasteiger partial charge in [-0.3, -0.25) is 10.4 Å². The second kappa shape index (κ2) is 8.45. The molecule has 6 heteroatoms. The van der Waals surface area contributed by atoms with Gasteiger partial charge in [-0.2, -0.15) is 0 Å². The van der Waals surface area contributed by atoms with Gasteiger partial charge in [-0.25, -0.2) is 4.98 Å². The van der Waals surface area contributed by atoms with Crippen LogP contribution >= 0.6 is 0 Å². The third-order valence-corrected chi connectivity index (χ3v) is 4.76. The van der Waals surface area contributed by atoms with Crippen LogP contribution in [-0.4, -0.2) is 15.7 Å². The van der Waals surface area contributed by atoms with E-state index in [4.69, 9.17) is 21.6 Å². The minimum atomic E-state index is 0.302. The SMILES string of the molecule is N=C(/C(=C\N)c1ccncc1)c1ccc(OCc2cc(N)c3ccccc3n2)cc1. The maximum Gasteiger partial charge on any atom is 0.130 e. The largest absolute Gasteiger partial charge is 0.487 e. The predicted octanol–water partition coefficient (Wildman–Crippen LogP) is 4.16. The van der Waals surface area contributed by atoms with E-state index in [1.807, 2.05) is 66.7 Å². The molecule has 0 aliphatic carbocycles. The van der Waals surface area contributed by atoms with Crippen LogP contribution in [0.1, 0.15) is 16.8 Å². The van der Waals surface area contributed by atoms with Gasteiger partial charge in [-0.05, 0) is 54.1 Å². The average molecular weight is 395 g/mol. The molecule has 5 N–H and O–H groups in total. The molecule has 0 amide bonds. The van der Waals surface area contributed by atoms with Gasteiger partial charge in [0.1, 0.15) is 12.4 Å². The molecule has 2 aromatic heterocycles. The van der Waals surface area contributed by atoms with Gasteiger partial charge in [0.2, 0.25) is 0 Å². The summed E-state index contributed by atoms with van der Waals surface area (Å²) in [5.41, 5.74) is 16.7. The van der Waals surface area contributed by atoms with E-state index in [0.29, 0.717) is 29.3 Å². The number of nitrogens with one attached hydrogen (secondary N) is 1. The van der Waals surface area contributed by atoms with E-state index in [2.05, 4.69) is 9.97 Å². The molecule has 0 aliphatic heterocycles. The van der Waals surface area contributed by atoms with Crippen molar-refractivity contribution in [3.63, 3.8) is 0 Å². The maximum absolute atomic E-state index is 8.50. The van der Waals surface area contributed by atoms with Crippen molar-refractivity contribution in [1.82, 2.24) is 9.97 Å². The Balaban J connectivity index is 1.47. The Labute approximate surface area is 174 Å². The lowest BCUT2D eigenvalue weighted by Crippen LogP contribution is -2.05. The summed E-state index contributed by atoms with van der Waals surface area (Å²) in [7, 11) is 0. The Kier molecular flexibility index (Phi) is 5.39. The molecule has 0 unspecified atom stereocenters. The summed E-state index contributed by atoms with van der Waals surface area (Å²) in [6, 6.07) is 20.6. The first-order chi connectivity index (χ1) is 14.7. The molecule has 4 aromatic rings. The van der Waals surface area contributed by atoms with Crippen molar-refractivity contribution in [2.45, 2.75) is 6.61 Å². The van der Waals surface area contributed by atoms with Crippen LogP contribution in [0.3, 0.4) is 0 Å². The number of nitrogens with zero attached hydrogens (tertiary/aromatic N) is 2. The molecular weight excluding hydrogens is 374 g/mol. The molecule has 0 radical (unpaired) electrons. The highest BCUT2D eigenvalue weighted by molar-refractivity contribution is 6.30. The molecule has 0 aliphatic rings. The van der Waals surface area contributed by atoms with E-state index in [9.17, 15) is 0 Å². The summed E-state index contributed by atoms with van der Waals surface area (Å²) in [5.74, 6) is 0.683. The first kappa shape index (κ1) is 19.1. The minimum absolute atomic E-state index is 0.302. The monoisotopic (exact) mass is 395 g/mol. The van der Waals surface area contributed by atoms with Gasteiger partial charge >= 0.3 is 0 Å². The number of nitrogen functional groups attached to an aromatic ring is 1. The summed E-state index contributed by atoms with van der Waals surface area (Å²) in [6.07, 6.45) is 4.80. The van der Waals surface area contributed by atoms with Crippen LogP contribution in [0.25, 0.3) is 16.5 Å². The summed E-state index contributed by atoms with van der Waals surface area (Å²) < 4.78 is 5.87. The summed E-state index contributed by atoms with van der Waals surface area (Å²) in [6.45, 7) is 0.302. The number of fused-ring (bicyclic) bond motifs is 1. The lowest BCUT2D eigenvalue weighted by Gasteiger charge is -2.11. The summed E-state index contributed by atoms with van der Waals surface area (Å²) in [4.78, 5) is 8.60. The highest BCUT2D eigenvalue weighted by Gasteiger charge is 2.11. The molecule has 4 rings (SSSR count). The topological polar surface area (TPSA) is 111 Å². The second-order valence-electron chi connectivity index (χ2n) is 6.72. The van der Waals surface area contributed by atoms with Crippen molar-refractivity contribution in [2.24, 2.45) is 5.73 Å². The predicted molar refractivity (Wildman–Crippen MR) is 120 cm³/mol. The normalized spacial score (nSPS) is 11.4. The van der Waals surface area contributed by atoms with E-state index in [0.717, 1.165) is 27.7 Å². The zero-order valence-electron chi connectivity index (χ0n) is 16.2. The fourth-order valence-electron chi connectivity index (χ4n) is 3.22. The van der Waals surface area contributed by atoms with Gasteiger partial charge in [-0.1, -0.05) is 18.2 Å². The highest BCUT2D eigenvalue weighted by atomic mass is 16.5. The van der Waals surface area contributed by atoms with Crippen LogP contribution in [0.2, 0.25) is 0 Å². The lowest BCUT2D eigenvalue weighted by atomic mass is 9.97. The van der Waals surface area contributed by atoms with E-state index >= 15 is 0 Å². The summed E-state index contributed by atoms with van der Waals surface area (Å²) in [5, 5.41) is 9.43. The molecule has 0 saturated carbocycles. The Morgan fingerprint density at radius 3 is 2.43 bits per heavy atom. The quantitative estimate of drug-likeness (QED) is 0.425. The molecule has 0 atom stereocenters. The molecule has 0 spiro atoms.